The van der Waals surface area contributed by atoms with Gasteiger partial charge in [0.25, 0.3) is 0 Å². The van der Waals surface area contributed by atoms with E-state index in [0.29, 0.717) is 5.56 Å². The molecule has 2 rings (SSSR count). The van der Waals surface area contributed by atoms with Gasteiger partial charge in [-0.25, -0.2) is 4.79 Å². The zero-order chi connectivity index (χ0) is 16.1. The van der Waals surface area contributed by atoms with Crippen LogP contribution in [0.25, 0.3) is 0 Å². The third-order valence-electron chi connectivity index (χ3n) is 3.07. The molecule has 2 aromatic carbocycles. The number of hydrogen-bond donors (Lipinski definition) is 1. The number of Topliss-reactive ketones (excluding diaryl/α,β-unsaturated/α-hetero) is 1. The van der Waals surface area contributed by atoms with E-state index in [1.807, 2.05) is 0 Å². The maximum atomic E-state index is 12.5. The summed E-state index contributed by atoms with van der Waals surface area (Å²) in [6, 6.07) is 14.9. The molecule has 0 amide bonds. The second-order valence-corrected chi connectivity index (χ2v) is 4.84. The van der Waals surface area contributed by atoms with Crippen molar-refractivity contribution in [1.82, 2.24) is 0 Å². The Bertz CT molecular complexity index is 704. The summed E-state index contributed by atoms with van der Waals surface area (Å²) in [4.78, 5) is 24.1. The summed E-state index contributed by atoms with van der Waals surface area (Å²) in [5.41, 5.74) is 0.854. The minimum absolute atomic E-state index is 0.107. The summed E-state index contributed by atoms with van der Waals surface area (Å²) in [6.07, 6.45) is -1.31. The number of benzene rings is 2. The van der Waals surface area contributed by atoms with Gasteiger partial charge in [0.15, 0.2) is 5.78 Å². The summed E-state index contributed by atoms with van der Waals surface area (Å²) in [6.45, 7) is 5.02. The van der Waals surface area contributed by atoms with Crippen LogP contribution >= 0.6 is 0 Å². The van der Waals surface area contributed by atoms with Crippen LogP contribution in [0.3, 0.4) is 0 Å². The van der Waals surface area contributed by atoms with Gasteiger partial charge in [0, 0.05) is 5.57 Å². The molecular formula is C18H16O4. The lowest BCUT2D eigenvalue weighted by Crippen LogP contribution is -2.16. The van der Waals surface area contributed by atoms with Gasteiger partial charge in [-0.05, 0) is 24.6 Å². The highest BCUT2D eigenvalue weighted by atomic mass is 16.5. The zero-order valence-corrected chi connectivity index (χ0v) is 12.2. The van der Waals surface area contributed by atoms with Crippen molar-refractivity contribution in [1.29, 1.82) is 0 Å². The molecule has 4 nitrogen and oxygen atoms in total. The van der Waals surface area contributed by atoms with Crippen molar-refractivity contribution in [3.63, 3.8) is 0 Å². The first-order valence-electron chi connectivity index (χ1n) is 6.74. The third-order valence-corrected chi connectivity index (χ3v) is 3.07. The predicted octanol–water partition coefficient (Wildman–Crippen LogP) is 3.08. The molecule has 0 bridgehead atoms. The molecule has 0 aliphatic rings. The second-order valence-electron chi connectivity index (χ2n) is 4.84. The van der Waals surface area contributed by atoms with Crippen LogP contribution in [-0.2, 0) is 4.79 Å². The first-order valence-corrected chi connectivity index (χ1v) is 6.74. The summed E-state index contributed by atoms with van der Waals surface area (Å²) < 4.78 is 5.14. The van der Waals surface area contributed by atoms with Crippen LogP contribution < -0.4 is 4.74 Å². The Morgan fingerprint density at radius 2 is 1.64 bits per heavy atom. The fraction of sp³-hybridized carbons (Fsp3) is 0.111. The quantitative estimate of drug-likeness (QED) is 0.398. The molecule has 0 radical (unpaired) electrons. The van der Waals surface area contributed by atoms with Gasteiger partial charge in [0.05, 0.1) is 5.56 Å². The molecule has 0 fully saturated rings. The molecule has 0 saturated heterocycles. The van der Waals surface area contributed by atoms with Gasteiger partial charge >= 0.3 is 5.97 Å². The van der Waals surface area contributed by atoms with Crippen molar-refractivity contribution in [3.05, 3.63) is 77.9 Å². The smallest absolute Gasteiger partial charge is 0.338 e. The SMILES string of the molecule is C=C(C)C(=O)Oc1ccccc1C(=O)C(O)c1ccccc1. The molecule has 4 heteroatoms. The average molecular weight is 296 g/mol. The predicted molar refractivity (Wildman–Crippen MR) is 82.6 cm³/mol. The number of para-hydroxylation sites is 1. The third kappa shape index (κ3) is 3.48. The molecule has 0 aliphatic heterocycles. The van der Waals surface area contributed by atoms with E-state index in [4.69, 9.17) is 4.74 Å². The van der Waals surface area contributed by atoms with Crippen molar-refractivity contribution in [2.45, 2.75) is 13.0 Å². The maximum absolute atomic E-state index is 12.5. The van der Waals surface area contributed by atoms with Gasteiger partial charge in [0.1, 0.15) is 11.9 Å². The van der Waals surface area contributed by atoms with Gasteiger partial charge in [0.2, 0.25) is 0 Å². The number of esters is 1. The van der Waals surface area contributed by atoms with Crippen LogP contribution in [0, 0.1) is 0 Å². The van der Waals surface area contributed by atoms with Crippen LogP contribution in [0.4, 0.5) is 0 Å². The number of carbonyl (C=O) groups is 2. The van der Waals surface area contributed by atoms with Crippen molar-refractivity contribution >= 4 is 11.8 Å². The van der Waals surface area contributed by atoms with Crippen molar-refractivity contribution in [2.75, 3.05) is 0 Å². The molecule has 112 valence electrons. The molecule has 0 heterocycles. The molecular weight excluding hydrogens is 280 g/mol. The number of ether oxygens (including phenoxy) is 1. The molecule has 1 atom stereocenters. The Hall–Kier alpha value is -2.72. The molecule has 1 unspecified atom stereocenters. The summed E-state index contributed by atoms with van der Waals surface area (Å²) in [5.74, 6) is -1.04. The number of rotatable bonds is 5. The Morgan fingerprint density at radius 1 is 1.05 bits per heavy atom. The fourth-order valence-corrected chi connectivity index (χ4v) is 1.88. The normalized spacial score (nSPS) is 11.5. The standard InChI is InChI=1S/C18H16O4/c1-12(2)18(21)22-15-11-7-6-10-14(15)17(20)16(19)13-8-4-3-5-9-13/h3-11,16,19H,1H2,2H3. The minimum Gasteiger partial charge on any atom is -0.422 e. The summed E-state index contributed by atoms with van der Waals surface area (Å²) in [5, 5.41) is 10.2. The van der Waals surface area contributed by atoms with Crippen LogP contribution in [0.5, 0.6) is 5.75 Å². The largest absolute Gasteiger partial charge is 0.422 e. The lowest BCUT2D eigenvalue weighted by Gasteiger charge is -2.13. The second kappa shape index (κ2) is 6.83. The molecule has 0 saturated carbocycles. The highest BCUT2D eigenvalue weighted by Crippen LogP contribution is 2.25. The van der Waals surface area contributed by atoms with E-state index in [2.05, 4.69) is 6.58 Å². The Balaban J connectivity index is 2.30. The van der Waals surface area contributed by atoms with Crippen LogP contribution in [-0.4, -0.2) is 16.9 Å². The van der Waals surface area contributed by atoms with Gasteiger partial charge in [-0.1, -0.05) is 49.0 Å². The van der Waals surface area contributed by atoms with Gasteiger partial charge < -0.3 is 9.84 Å². The topological polar surface area (TPSA) is 63.6 Å². The minimum atomic E-state index is -1.31. The van der Waals surface area contributed by atoms with E-state index in [1.54, 1.807) is 42.5 Å². The van der Waals surface area contributed by atoms with E-state index in [0.717, 1.165) is 0 Å². The van der Waals surface area contributed by atoms with E-state index < -0.39 is 17.9 Å². The summed E-state index contributed by atoms with van der Waals surface area (Å²) in [7, 11) is 0. The molecule has 0 spiro atoms. The Labute approximate surface area is 128 Å². The fourth-order valence-electron chi connectivity index (χ4n) is 1.88. The van der Waals surface area contributed by atoms with Crippen molar-refractivity contribution in [3.8, 4) is 5.75 Å². The zero-order valence-electron chi connectivity index (χ0n) is 12.2. The van der Waals surface area contributed by atoms with Gasteiger partial charge in [-0.3, -0.25) is 4.79 Å². The first kappa shape index (κ1) is 15.7. The number of aliphatic hydroxyl groups is 1. The molecule has 2 aromatic rings. The average Bonchev–Trinajstić information content (AvgIpc) is 2.54. The monoisotopic (exact) mass is 296 g/mol. The lowest BCUT2D eigenvalue weighted by molar-refractivity contribution is -0.130. The van der Waals surface area contributed by atoms with Crippen LogP contribution in [0.2, 0.25) is 0 Å². The number of ketones is 1. The van der Waals surface area contributed by atoms with Gasteiger partial charge in [-0.15, -0.1) is 0 Å². The number of carbonyl (C=O) groups excluding carboxylic acids is 2. The Kier molecular flexibility index (Phi) is 4.86. The Morgan fingerprint density at radius 3 is 2.27 bits per heavy atom. The molecule has 0 aromatic heterocycles. The van der Waals surface area contributed by atoms with Gasteiger partial charge in [-0.2, -0.15) is 0 Å². The molecule has 22 heavy (non-hydrogen) atoms. The first-order chi connectivity index (χ1) is 10.5. The van der Waals surface area contributed by atoms with E-state index in [9.17, 15) is 14.7 Å². The van der Waals surface area contributed by atoms with Crippen molar-refractivity contribution in [2.24, 2.45) is 0 Å². The highest BCUT2D eigenvalue weighted by Gasteiger charge is 2.23. The maximum Gasteiger partial charge on any atom is 0.338 e. The molecule has 0 aliphatic carbocycles. The summed E-state index contributed by atoms with van der Waals surface area (Å²) >= 11 is 0. The number of aliphatic hydroxyl groups excluding tert-OH is 1. The van der Waals surface area contributed by atoms with E-state index >= 15 is 0 Å². The van der Waals surface area contributed by atoms with Crippen molar-refractivity contribution < 1.29 is 19.4 Å². The highest BCUT2D eigenvalue weighted by molar-refractivity contribution is 6.03. The lowest BCUT2D eigenvalue weighted by atomic mass is 9.99. The molecule has 1 N–H and O–H groups in total. The van der Waals surface area contributed by atoms with E-state index in [-0.39, 0.29) is 16.9 Å². The van der Waals surface area contributed by atoms with Crippen LogP contribution in [0.1, 0.15) is 28.9 Å². The van der Waals surface area contributed by atoms with Crippen LogP contribution in [0.15, 0.2) is 66.7 Å². The number of hydrogen-bond acceptors (Lipinski definition) is 4. The van der Waals surface area contributed by atoms with E-state index in [1.165, 1.54) is 19.1 Å².